The number of rotatable bonds is 4. The number of aromatic nitrogens is 3. The van der Waals surface area contributed by atoms with Crippen molar-refractivity contribution in [2.45, 2.75) is 30.7 Å². The molecule has 0 saturated heterocycles. The van der Waals surface area contributed by atoms with Crippen LogP contribution >= 0.6 is 0 Å². The van der Waals surface area contributed by atoms with E-state index in [4.69, 9.17) is 0 Å². The summed E-state index contributed by atoms with van der Waals surface area (Å²) < 4.78 is 23.4. The summed E-state index contributed by atoms with van der Waals surface area (Å²) in [5.41, 5.74) is 3.80. The third kappa shape index (κ3) is 3.42. The molecule has 1 saturated carbocycles. The molecule has 0 radical (unpaired) electrons. The molecule has 1 fully saturated rings. The van der Waals surface area contributed by atoms with E-state index < -0.39 is 9.84 Å². The molecule has 4 rings (SSSR count). The summed E-state index contributed by atoms with van der Waals surface area (Å²) in [7, 11) is -3.30. The summed E-state index contributed by atoms with van der Waals surface area (Å²) in [6, 6.07) is 9.45. The highest BCUT2D eigenvalue weighted by molar-refractivity contribution is 7.90. The van der Waals surface area contributed by atoms with Crippen LogP contribution in [0, 0.1) is 5.92 Å². The quantitative estimate of drug-likeness (QED) is 0.757. The molecule has 0 unspecified atom stereocenters. The van der Waals surface area contributed by atoms with Crippen LogP contribution in [-0.2, 0) is 9.84 Å². The summed E-state index contributed by atoms with van der Waals surface area (Å²) in [6.07, 6.45) is 11.8. The molecular weight excluding hydrogens is 346 g/mol. The number of aromatic amines is 1. The zero-order chi connectivity index (χ0) is 18.1. The van der Waals surface area contributed by atoms with Gasteiger partial charge in [-0.2, -0.15) is 0 Å². The van der Waals surface area contributed by atoms with Crippen molar-refractivity contribution in [2.24, 2.45) is 5.92 Å². The van der Waals surface area contributed by atoms with Crippen LogP contribution in [0.2, 0.25) is 0 Å². The Balaban J connectivity index is 1.80. The summed E-state index contributed by atoms with van der Waals surface area (Å²) in [5.74, 6) is 0.541. The first kappa shape index (κ1) is 17.0. The normalized spacial score (nSPS) is 16.4. The molecule has 0 bridgehead atoms. The van der Waals surface area contributed by atoms with Gasteiger partial charge in [0.15, 0.2) is 14.9 Å². The molecule has 0 aliphatic heterocycles. The minimum absolute atomic E-state index is 0.0970. The van der Waals surface area contributed by atoms with Gasteiger partial charge in [-0.15, -0.1) is 0 Å². The van der Waals surface area contributed by atoms with Gasteiger partial charge < -0.3 is 4.98 Å². The van der Waals surface area contributed by atoms with Crippen molar-refractivity contribution in [1.29, 1.82) is 0 Å². The van der Waals surface area contributed by atoms with Crippen LogP contribution in [0.4, 0.5) is 0 Å². The first-order valence-corrected chi connectivity index (χ1v) is 10.7. The molecular formula is C20H21N3O2S. The van der Waals surface area contributed by atoms with Crippen LogP contribution in [0.5, 0.6) is 0 Å². The van der Waals surface area contributed by atoms with Gasteiger partial charge in [0.25, 0.3) is 0 Å². The zero-order valence-corrected chi connectivity index (χ0v) is 15.5. The smallest absolute Gasteiger partial charge is 0.192 e. The van der Waals surface area contributed by atoms with Crippen LogP contribution < -0.4 is 0 Å². The minimum Gasteiger partial charge on any atom is -0.339 e. The van der Waals surface area contributed by atoms with E-state index in [1.165, 1.54) is 31.9 Å². The fourth-order valence-electron chi connectivity index (χ4n) is 3.56. The van der Waals surface area contributed by atoms with E-state index in [1.807, 2.05) is 18.2 Å². The second kappa shape index (κ2) is 6.68. The molecule has 3 aromatic rings. The average Bonchev–Trinajstić information content (AvgIpc) is 3.28. The van der Waals surface area contributed by atoms with E-state index in [2.05, 4.69) is 27.1 Å². The zero-order valence-electron chi connectivity index (χ0n) is 14.6. The number of H-pyrrole nitrogens is 1. The topological polar surface area (TPSA) is 75.7 Å². The van der Waals surface area contributed by atoms with Gasteiger partial charge in [-0.25, -0.2) is 18.4 Å². The fourth-order valence-corrected chi connectivity index (χ4v) is 4.12. The SMILES string of the molecule is CS(=O)(=O)c1ccc(C(=CC2CCCC2)c2cc3cccnc3[nH]2)cn1. The van der Waals surface area contributed by atoms with E-state index in [9.17, 15) is 8.42 Å². The average molecular weight is 367 g/mol. The minimum atomic E-state index is -3.30. The van der Waals surface area contributed by atoms with Crippen molar-refractivity contribution in [2.75, 3.05) is 6.26 Å². The van der Waals surface area contributed by atoms with Gasteiger partial charge in [0.05, 0.1) is 0 Å². The third-order valence-corrected chi connectivity index (χ3v) is 5.91. The highest BCUT2D eigenvalue weighted by atomic mass is 32.2. The number of pyridine rings is 2. The summed E-state index contributed by atoms with van der Waals surface area (Å²) >= 11 is 0. The van der Waals surface area contributed by atoms with Gasteiger partial charge in [-0.05, 0) is 49.1 Å². The van der Waals surface area contributed by atoms with Gasteiger partial charge >= 0.3 is 0 Å². The van der Waals surface area contributed by atoms with Crippen molar-refractivity contribution >= 4 is 26.4 Å². The number of sulfone groups is 1. The van der Waals surface area contributed by atoms with Crippen molar-refractivity contribution in [3.63, 3.8) is 0 Å². The van der Waals surface area contributed by atoms with Crippen molar-refractivity contribution in [3.8, 4) is 0 Å². The molecule has 3 aromatic heterocycles. The molecule has 1 N–H and O–H groups in total. The second-order valence-corrected chi connectivity index (χ2v) is 8.87. The number of nitrogens with zero attached hydrogens (tertiary/aromatic N) is 2. The van der Waals surface area contributed by atoms with Crippen molar-refractivity contribution in [3.05, 3.63) is 60.1 Å². The van der Waals surface area contributed by atoms with Gasteiger partial charge in [0.2, 0.25) is 0 Å². The number of fused-ring (bicyclic) bond motifs is 1. The van der Waals surface area contributed by atoms with E-state index in [-0.39, 0.29) is 5.03 Å². The Kier molecular flexibility index (Phi) is 4.36. The lowest BCUT2D eigenvalue weighted by molar-refractivity contribution is 0.598. The molecule has 1 aliphatic carbocycles. The predicted octanol–water partition coefficient (Wildman–Crippen LogP) is 3.98. The van der Waals surface area contributed by atoms with Crippen molar-refractivity contribution in [1.82, 2.24) is 15.0 Å². The van der Waals surface area contributed by atoms with E-state index in [0.29, 0.717) is 5.92 Å². The molecule has 0 spiro atoms. The molecule has 26 heavy (non-hydrogen) atoms. The van der Waals surface area contributed by atoms with E-state index >= 15 is 0 Å². The summed E-state index contributed by atoms with van der Waals surface area (Å²) in [6.45, 7) is 0. The number of allylic oxidation sites excluding steroid dienone is 1. The molecule has 6 heteroatoms. The first-order chi connectivity index (χ1) is 12.5. The van der Waals surface area contributed by atoms with Gasteiger partial charge in [0, 0.05) is 40.9 Å². The molecule has 0 aromatic carbocycles. The molecule has 5 nitrogen and oxygen atoms in total. The highest BCUT2D eigenvalue weighted by Gasteiger charge is 2.17. The standard InChI is InChI=1S/C20H21N3O2S/c1-26(24,25)19-9-8-16(13-22-19)17(11-14-5-2-3-6-14)18-12-15-7-4-10-21-20(15)23-18/h4,7-14H,2-3,5-6H2,1H3,(H,21,23). The van der Waals surface area contributed by atoms with Crippen LogP contribution in [0.15, 0.2) is 53.8 Å². The number of nitrogens with one attached hydrogen (secondary N) is 1. The summed E-state index contributed by atoms with van der Waals surface area (Å²) in [4.78, 5) is 11.9. The van der Waals surface area contributed by atoms with Crippen LogP contribution in [0.1, 0.15) is 36.9 Å². The Bertz CT molecular complexity index is 1030. The Morgan fingerprint density at radius 2 is 2.00 bits per heavy atom. The summed E-state index contributed by atoms with van der Waals surface area (Å²) in [5, 5.41) is 1.15. The largest absolute Gasteiger partial charge is 0.339 e. The maximum Gasteiger partial charge on any atom is 0.192 e. The van der Waals surface area contributed by atoms with Crippen molar-refractivity contribution < 1.29 is 8.42 Å². The first-order valence-electron chi connectivity index (χ1n) is 8.83. The Hall–Kier alpha value is -2.47. The Morgan fingerprint density at radius 3 is 2.65 bits per heavy atom. The lowest BCUT2D eigenvalue weighted by atomic mass is 9.97. The fraction of sp³-hybridized carbons (Fsp3) is 0.300. The monoisotopic (exact) mass is 367 g/mol. The lowest BCUT2D eigenvalue weighted by Crippen LogP contribution is -2.01. The lowest BCUT2D eigenvalue weighted by Gasteiger charge is -2.10. The van der Waals surface area contributed by atoms with Crippen LogP contribution in [0.25, 0.3) is 16.6 Å². The molecule has 134 valence electrons. The van der Waals surface area contributed by atoms with Gasteiger partial charge in [-0.3, -0.25) is 0 Å². The molecule has 0 atom stereocenters. The van der Waals surface area contributed by atoms with Gasteiger partial charge in [0.1, 0.15) is 5.65 Å². The van der Waals surface area contributed by atoms with Crippen LogP contribution in [-0.4, -0.2) is 29.6 Å². The predicted molar refractivity (Wildman–Crippen MR) is 102 cm³/mol. The Morgan fingerprint density at radius 1 is 1.19 bits per heavy atom. The van der Waals surface area contributed by atoms with Gasteiger partial charge in [-0.1, -0.05) is 18.9 Å². The maximum atomic E-state index is 11.7. The number of hydrogen-bond acceptors (Lipinski definition) is 4. The van der Waals surface area contributed by atoms with E-state index in [0.717, 1.165) is 27.9 Å². The third-order valence-electron chi connectivity index (χ3n) is 4.91. The highest BCUT2D eigenvalue weighted by Crippen LogP contribution is 2.32. The maximum absolute atomic E-state index is 11.7. The van der Waals surface area contributed by atoms with E-state index in [1.54, 1.807) is 18.5 Å². The molecule has 0 amide bonds. The second-order valence-electron chi connectivity index (χ2n) is 6.91. The Labute approximate surface area is 153 Å². The van der Waals surface area contributed by atoms with Crippen LogP contribution in [0.3, 0.4) is 0 Å². The molecule has 1 aliphatic rings. The molecule has 3 heterocycles. The number of hydrogen-bond donors (Lipinski definition) is 1.